The van der Waals surface area contributed by atoms with Gasteiger partial charge < -0.3 is 4.74 Å². The zero-order valence-corrected chi connectivity index (χ0v) is 21.6. The van der Waals surface area contributed by atoms with Gasteiger partial charge in [-0.2, -0.15) is 43.9 Å². The standard InChI is InChI=1S/C24H25F15O2/c1-13(20(30,31)22(34,35)24(38,39)23(36,37)21(32,33)15(25)26)10-11-41-16(40)17(2,3)12-19(29,18(4,27)28)14-8-6-5-7-9-14/h5-9,13,15H,10-12H2,1-4H3. The van der Waals surface area contributed by atoms with E-state index < -0.39 is 89.9 Å². The van der Waals surface area contributed by atoms with E-state index in [-0.39, 0.29) is 13.8 Å². The van der Waals surface area contributed by atoms with Crippen molar-refractivity contribution in [2.45, 2.75) is 88.2 Å². The third kappa shape index (κ3) is 6.37. The molecule has 41 heavy (non-hydrogen) atoms. The Balaban J connectivity index is 3.10. The van der Waals surface area contributed by atoms with Gasteiger partial charge in [-0.1, -0.05) is 37.3 Å². The summed E-state index contributed by atoms with van der Waals surface area (Å²) < 4.78 is 210. The molecular formula is C24H25F15O2. The molecule has 0 aliphatic carbocycles. The highest BCUT2D eigenvalue weighted by atomic mass is 19.4. The Morgan fingerprint density at radius 3 is 1.59 bits per heavy atom. The minimum absolute atomic E-state index is 0.0476. The smallest absolute Gasteiger partial charge is 0.384 e. The number of halogens is 15. The fourth-order valence-electron chi connectivity index (χ4n) is 3.66. The summed E-state index contributed by atoms with van der Waals surface area (Å²) >= 11 is 0. The second-order valence-corrected chi connectivity index (χ2v) is 10.2. The van der Waals surface area contributed by atoms with E-state index in [1.54, 1.807) is 0 Å². The molecule has 0 bridgehead atoms. The van der Waals surface area contributed by atoms with Crippen molar-refractivity contribution in [2.24, 2.45) is 11.3 Å². The number of carbonyl (C=O) groups is 1. The fraction of sp³-hybridized carbons (Fsp3) is 0.708. The molecule has 0 aromatic heterocycles. The lowest BCUT2D eigenvalue weighted by molar-refractivity contribution is -0.417. The minimum atomic E-state index is -7.70. The molecule has 0 aliphatic heterocycles. The van der Waals surface area contributed by atoms with Crippen molar-refractivity contribution in [3.63, 3.8) is 0 Å². The van der Waals surface area contributed by atoms with Crippen molar-refractivity contribution in [1.82, 2.24) is 0 Å². The molecule has 0 amide bonds. The van der Waals surface area contributed by atoms with Gasteiger partial charge in [0.2, 0.25) is 0 Å². The van der Waals surface area contributed by atoms with Crippen LogP contribution in [-0.4, -0.2) is 54.5 Å². The molecule has 17 heteroatoms. The van der Waals surface area contributed by atoms with Gasteiger partial charge in [-0.3, -0.25) is 4.79 Å². The Hall–Kier alpha value is -2.36. The van der Waals surface area contributed by atoms with Crippen LogP contribution in [0.15, 0.2) is 30.3 Å². The van der Waals surface area contributed by atoms with Crippen LogP contribution >= 0.6 is 0 Å². The highest BCUT2D eigenvalue weighted by Gasteiger charge is 2.88. The second kappa shape index (κ2) is 11.4. The van der Waals surface area contributed by atoms with Crippen LogP contribution in [0.4, 0.5) is 65.9 Å². The van der Waals surface area contributed by atoms with Crippen LogP contribution in [-0.2, 0) is 15.2 Å². The number of hydrogen-bond donors (Lipinski definition) is 0. The van der Waals surface area contributed by atoms with Crippen molar-refractivity contribution in [2.75, 3.05) is 6.61 Å². The van der Waals surface area contributed by atoms with Gasteiger partial charge in [-0.15, -0.1) is 0 Å². The predicted octanol–water partition coefficient (Wildman–Crippen LogP) is 8.93. The first kappa shape index (κ1) is 36.7. The molecule has 0 saturated heterocycles. The lowest BCUT2D eigenvalue weighted by Gasteiger charge is -2.40. The van der Waals surface area contributed by atoms with Crippen molar-refractivity contribution in [3.05, 3.63) is 35.9 Å². The number of benzene rings is 1. The number of hydrogen-bond acceptors (Lipinski definition) is 2. The molecule has 1 aromatic carbocycles. The summed E-state index contributed by atoms with van der Waals surface area (Å²) in [6.45, 7) is 0.692. The molecular weight excluding hydrogens is 605 g/mol. The third-order valence-corrected chi connectivity index (χ3v) is 6.47. The molecule has 238 valence electrons. The predicted molar refractivity (Wildman–Crippen MR) is 114 cm³/mol. The Labute approximate surface area is 224 Å². The quantitative estimate of drug-likeness (QED) is 0.152. The molecule has 0 aliphatic rings. The van der Waals surface area contributed by atoms with Crippen LogP contribution in [0.2, 0.25) is 0 Å². The maximum atomic E-state index is 15.6. The average molecular weight is 630 g/mol. The number of esters is 1. The Bertz CT molecular complexity index is 1040. The molecule has 0 heterocycles. The van der Waals surface area contributed by atoms with E-state index in [1.165, 1.54) is 18.2 Å². The van der Waals surface area contributed by atoms with Gasteiger partial charge in [-0.25, -0.2) is 22.0 Å². The van der Waals surface area contributed by atoms with Gasteiger partial charge in [0.15, 0.2) is 5.67 Å². The van der Waals surface area contributed by atoms with Crippen LogP contribution in [0.1, 0.15) is 46.1 Å². The first-order chi connectivity index (χ1) is 18.1. The highest BCUT2D eigenvalue weighted by molar-refractivity contribution is 5.76. The Kier molecular flexibility index (Phi) is 10.2. The highest BCUT2D eigenvalue weighted by Crippen LogP contribution is 2.59. The van der Waals surface area contributed by atoms with Crippen molar-refractivity contribution in [3.8, 4) is 0 Å². The van der Waals surface area contributed by atoms with E-state index in [2.05, 4.69) is 4.74 Å². The SMILES string of the molecule is CC(CCOC(=O)C(C)(C)CC(F)(c1ccccc1)C(C)(F)F)C(F)(F)C(F)(F)C(F)(F)C(F)(F)C(F)(F)C(F)F. The maximum absolute atomic E-state index is 15.6. The Morgan fingerprint density at radius 1 is 0.732 bits per heavy atom. The van der Waals surface area contributed by atoms with E-state index in [0.717, 1.165) is 26.0 Å². The molecule has 1 rings (SSSR count). The lowest BCUT2D eigenvalue weighted by atomic mass is 9.75. The summed E-state index contributed by atoms with van der Waals surface area (Å²) in [5, 5.41) is 0. The number of ether oxygens (including phenoxy) is 1. The van der Waals surface area contributed by atoms with Gasteiger partial charge in [0.05, 0.1) is 12.0 Å². The van der Waals surface area contributed by atoms with Gasteiger partial charge >= 0.3 is 42.0 Å². The van der Waals surface area contributed by atoms with Crippen LogP contribution in [0, 0.1) is 11.3 Å². The zero-order valence-electron chi connectivity index (χ0n) is 21.6. The summed E-state index contributed by atoms with van der Waals surface area (Å²) in [5.74, 6) is -44.9. The molecule has 2 nitrogen and oxygen atoms in total. The minimum Gasteiger partial charge on any atom is -0.465 e. The van der Waals surface area contributed by atoms with Crippen LogP contribution in [0.25, 0.3) is 0 Å². The average Bonchev–Trinajstić information content (AvgIpc) is 2.82. The van der Waals surface area contributed by atoms with Crippen molar-refractivity contribution >= 4 is 5.97 Å². The molecule has 0 spiro atoms. The van der Waals surface area contributed by atoms with Crippen LogP contribution < -0.4 is 0 Å². The molecule has 0 fully saturated rings. The zero-order chi connectivity index (χ0) is 32.7. The normalized spacial score (nSPS) is 16.9. The van der Waals surface area contributed by atoms with E-state index in [9.17, 15) is 66.3 Å². The van der Waals surface area contributed by atoms with E-state index in [1.807, 2.05) is 0 Å². The van der Waals surface area contributed by atoms with Crippen LogP contribution in [0.3, 0.4) is 0 Å². The van der Waals surface area contributed by atoms with Crippen molar-refractivity contribution in [1.29, 1.82) is 0 Å². The molecule has 2 atom stereocenters. The first-order valence-corrected chi connectivity index (χ1v) is 11.5. The van der Waals surface area contributed by atoms with Gasteiger partial charge in [-0.05, 0) is 25.8 Å². The summed E-state index contributed by atoms with van der Waals surface area (Å²) in [7, 11) is 0. The first-order valence-electron chi connectivity index (χ1n) is 11.5. The Morgan fingerprint density at radius 2 is 1.17 bits per heavy atom. The van der Waals surface area contributed by atoms with Gasteiger partial charge in [0.1, 0.15) is 0 Å². The summed E-state index contributed by atoms with van der Waals surface area (Å²) in [6.07, 6.45) is -8.43. The van der Waals surface area contributed by atoms with E-state index in [4.69, 9.17) is 0 Å². The van der Waals surface area contributed by atoms with E-state index in [0.29, 0.717) is 0 Å². The fourth-order valence-corrected chi connectivity index (χ4v) is 3.66. The maximum Gasteiger partial charge on any atom is 0.384 e. The summed E-state index contributed by atoms with van der Waals surface area (Å²) in [5.41, 5.74) is -6.20. The van der Waals surface area contributed by atoms with Crippen molar-refractivity contribution < 1.29 is 75.4 Å². The molecule has 2 unspecified atom stereocenters. The molecule has 0 radical (unpaired) electrons. The van der Waals surface area contributed by atoms with E-state index >= 15 is 4.39 Å². The summed E-state index contributed by atoms with van der Waals surface area (Å²) in [4.78, 5) is 12.5. The van der Waals surface area contributed by atoms with Gasteiger partial charge in [0.25, 0.3) is 5.92 Å². The lowest BCUT2D eigenvalue weighted by Crippen LogP contribution is -2.69. The van der Waals surface area contributed by atoms with Crippen LogP contribution in [0.5, 0.6) is 0 Å². The second-order valence-electron chi connectivity index (χ2n) is 10.2. The number of rotatable bonds is 14. The number of carbonyl (C=O) groups excluding carboxylic acids is 1. The van der Waals surface area contributed by atoms with Gasteiger partial charge in [0, 0.05) is 19.3 Å². The monoisotopic (exact) mass is 630 g/mol. The molecule has 1 aromatic rings. The molecule has 0 N–H and O–H groups in total. The largest absolute Gasteiger partial charge is 0.465 e. The summed E-state index contributed by atoms with van der Waals surface area (Å²) in [6, 6.07) is 5.77. The number of alkyl halides is 15. The molecule has 0 saturated carbocycles. The third-order valence-electron chi connectivity index (χ3n) is 6.47. The topological polar surface area (TPSA) is 26.3 Å².